The van der Waals surface area contributed by atoms with E-state index in [4.69, 9.17) is 4.74 Å². The lowest BCUT2D eigenvalue weighted by atomic mass is 9.99. The Bertz CT molecular complexity index is 862. The zero-order valence-electron chi connectivity index (χ0n) is 18.2. The number of hydrogen-bond acceptors (Lipinski definition) is 5. The fourth-order valence-corrected chi connectivity index (χ4v) is 3.96. The molecular weight excluding hydrogens is 373 g/mol. The quantitative estimate of drug-likeness (QED) is 0.768. The van der Waals surface area contributed by atoms with Crippen molar-refractivity contribution in [2.24, 2.45) is 0 Å². The number of rotatable bonds is 4. The lowest BCUT2D eigenvalue weighted by Crippen LogP contribution is -2.60. The van der Waals surface area contributed by atoms with E-state index in [1.54, 1.807) is 6.20 Å². The zero-order valence-corrected chi connectivity index (χ0v) is 18.2. The van der Waals surface area contributed by atoms with Crippen molar-refractivity contribution in [3.63, 3.8) is 0 Å². The summed E-state index contributed by atoms with van der Waals surface area (Å²) in [5.74, 6) is -0.424. The van der Waals surface area contributed by atoms with Gasteiger partial charge in [0.1, 0.15) is 5.60 Å². The number of piperazine rings is 1. The molecule has 8 heteroatoms. The van der Waals surface area contributed by atoms with Crippen molar-refractivity contribution in [2.45, 2.75) is 78.1 Å². The minimum Gasteiger partial charge on any atom is -0.444 e. The summed E-state index contributed by atoms with van der Waals surface area (Å²) >= 11 is 0. The molecule has 160 valence electrons. The number of ether oxygens (including phenoxy) is 1. The molecule has 7 nitrogen and oxygen atoms in total. The summed E-state index contributed by atoms with van der Waals surface area (Å²) in [5.41, 5.74) is 0.522. The number of halogens is 1. The second kappa shape index (κ2) is 8.26. The molecule has 0 bridgehead atoms. The maximum atomic E-state index is 13.9. The van der Waals surface area contributed by atoms with Crippen LogP contribution in [0, 0.1) is 5.82 Å². The van der Waals surface area contributed by atoms with Crippen LogP contribution in [-0.4, -0.2) is 61.3 Å². The molecule has 0 aliphatic carbocycles. The Morgan fingerprint density at radius 3 is 2.59 bits per heavy atom. The van der Waals surface area contributed by atoms with Gasteiger partial charge in [-0.1, -0.05) is 13.8 Å². The number of aromatic nitrogens is 3. The van der Waals surface area contributed by atoms with E-state index in [9.17, 15) is 9.18 Å². The normalized spacial score (nSPS) is 22.1. The topological polar surface area (TPSA) is 63.0 Å². The van der Waals surface area contributed by atoms with Crippen molar-refractivity contribution in [1.29, 1.82) is 0 Å². The van der Waals surface area contributed by atoms with E-state index in [1.165, 1.54) is 10.7 Å². The van der Waals surface area contributed by atoms with Gasteiger partial charge in [0.15, 0.2) is 11.5 Å². The molecule has 3 atom stereocenters. The van der Waals surface area contributed by atoms with E-state index in [-0.39, 0.29) is 29.9 Å². The molecule has 1 saturated heterocycles. The van der Waals surface area contributed by atoms with Crippen LogP contribution in [0.4, 0.5) is 9.18 Å². The van der Waals surface area contributed by atoms with E-state index >= 15 is 0 Å². The number of nitrogens with zero attached hydrogens (tertiary/aromatic N) is 5. The van der Waals surface area contributed by atoms with E-state index in [1.807, 2.05) is 31.7 Å². The Labute approximate surface area is 171 Å². The average molecular weight is 406 g/mol. The van der Waals surface area contributed by atoms with E-state index < -0.39 is 11.4 Å². The Morgan fingerprint density at radius 1 is 1.28 bits per heavy atom. The van der Waals surface area contributed by atoms with Gasteiger partial charge in [-0.3, -0.25) is 4.90 Å². The number of hydrogen-bond donors (Lipinski definition) is 0. The number of carbonyl (C=O) groups excluding carboxylic acids is 1. The van der Waals surface area contributed by atoms with Crippen molar-refractivity contribution in [3.8, 4) is 0 Å². The Balaban J connectivity index is 1.83. The molecule has 0 saturated carbocycles. The van der Waals surface area contributed by atoms with Gasteiger partial charge in [-0.2, -0.15) is 5.10 Å². The lowest BCUT2D eigenvalue weighted by Gasteiger charge is -2.48. The molecule has 2 aromatic rings. The summed E-state index contributed by atoms with van der Waals surface area (Å²) < 4.78 is 21.0. The number of carbonyl (C=O) groups is 1. The predicted octanol–water partition coefficient (Wildman–Crippen LogP) is 4.04. The molecule has 3 heterocycles. The Hall–Kier alpha value is -2.22. The highest BCUT2D eigenvalue weighted by Gasteiger charge is 2.39. The third-order valence-electron chi connectivity index (χ3n) is 5.58. The first-order valence-corrected chi connectivity index (χ1v) is 10.4. The molecule has 1 aliphatic heterocycles. The summed E-state index contributed by atoms with van der Waals surface area (Å²) in [5, 5.41) is 3.95. The molecule has 1 fully saturated rings. The molecule has 2 aromatic heterocycles. The van der Waals surface area contributed by atoms with E-state index in [0.29, 0.717) is 6.54 Å². The number of amides is 1. The van der Waals surface area contributed by atoms with Gasteiger partial charge in [-0.25, -0.2) is 18.7 Å². The van der Waals surface area contributed by atoms with Gasteiger partial charge < -0.3 is 9.64 Å². The molecule has 1 aliphatic rings. The van der Waals surface area contributed by atoms with Gasteiger partial charge in [-0.05, 0) is 46.6 Å². The van der Waals surface area contributed by atoms with Crippen molar-refractivity contribution in [3.05, 3.63) is 30.0 Å². The molecule has 0 radical (unpaired) electrons. The highest BCUT2D eigenvalue weighted by molar-refractivity contribution is 5.68. The van der Waals surface area contributed by atoms with Gasteiger partial charge >= 0.3 is 6.09 Å². The molecule has 0 aromatic carbocycles. The second-order valence-electron chi connectivity index (χ2n) is 8.74. The third kappa shape index (κ3) is 4.52. The highest BCUT2D eigenvalue weighted by atomic mass is 19.1. The molecule has 3 rings (SSSR count). The van der Waals surface area contributed by atoms with Crippen LogP contribution in [0.3, 0.4) is 0 Å². The molecule has 29 heavy (non-hydrogen) atoms. The first-order valence-electron chi connectivity index (χ1n) is 10.4. The summed E-state index contributed by atoms with van der Waals surface area (Å²) in [4.78, 5) is 21.5. The van der Waals surface area contributed by atoms with Crippen LogP contribution in [0.25, 0.3) is 5.65 Å². The van der Waals surface area contributed by atoms with Gasteiger partial charge in [0.2, 0.25) is 0 Å². The summed E-state index contributed by atoms with van der Waals surface area (Å²) in [6.07, 6.45) is 4.40. The number of fused-ring (bicyclic) bond motifs is 1. The van der Waals surface area contributed by atoms with Gasteiger partial charge in [0.25, 0.3) is 0 Å². The SMILES string of the molecule is CC[C@H]1CN(C(C)c2ccn3ncc(F)c3n2)[C@H](CC)CN1C(=O)OC(C)(C)C. The predicted molar refractivity (Wildman–Crippen MR) is 109 cm³/mol. The average Bonchev–Trinajstić information content (AvgIpc) is 3.05. The minimum atomic E-state index is -0.518. The Kier molecular flexibility index (Phi) is 6.12. The molecule has 1 unspecified atom stereocenters. The van der Waals surface area contributed by atoms with E-state index in [0.717, 1.165) is 25.1 Å². The maximum absolute atomic E-state index is 13.9. The first kappa shape index (κ1) is 21.5. The third-order valence-corrected chi connectivity index (χ3v) is 5.58. The standard InChI is InChI=1S/C21H32FN5O2/c1-7-15-13-26(20(28)29-21(4,5)6)16(8-2)12-25(15)14(3)18-9-10-27-19(24-18)17(22)11-23-27/h9-11,14-16H,7-8,12-13H2,1-6H3/t14?,15-,16+/m1/s1. The minimum absolute atomic E-state index is 0.00548. The van der Waals surface area contributed by atoms with Crippen molar-refractivity contribution in [2.75, 3.05) is 13.1 Å². The fraction of sp³-hybridized carbons (Fsp3) is 0.667. The van der Waals surface area contributed by atoms with Crippen molar-refractivity contribution in [1.82, 2.24) is 24.4 Å². The first-order chi connectivity index (χ1) is 13.6. The lowest BCUT2D eigenvalue weighted by molar-refractivity contribution is -0.0272. The Morgan fingerprint density at radius 2 is 1.97 bits per heavy atom. The van der Waals surface area contributed by atoms with E-state index in [2.05, 4.69) is 35.8 Å². The maximum Gasteiger partial charge on any atom is 0.410 e. The largest absolute Gasteiger partial charge is 0.444 e. The van der Waals surface area contributed by atoms with Gasteiger partial charge in [0, 0.05) is 37.4 Å². The molecule has 1 amide bonds. The van der Waals surface area contributed by atoms with Gasteiger partial charge in [-0.15, -0.1) is 0 Å². The summed E-state index contributed by atoms with van der Waals surface area (Å²) in [6.45, 7) is 13.3. The summed E-state index contributed by atoms with van der Waals surface area (Å²) in [7, 11) is 0. The zero-order chi connectivity index (χ0) is 21.3. The van der Waals surface area contributed by atoms with Crippen LogP contribution in [0.5, 0.6) is 0 Å². The van der Waals surface area contributed by atoms with Crippen molar-refractivity contribution >= 4 is 11.7 Å². The van der Waals surface area contributed by atoms with Crippen LogP contribution in [-0.2, 0) is 4.74 Å². The smallest absolute Gasteiger partial charge is 0.410 e. The molecule has 0 spiro atoms. The van der Waals surface area contributed by atoms with Crippen LogP contribution in [0.2, 0.25) is 0 Å². The van der Waals surface area contributed by atoms with Crippen molar-refractivity contribution < 1.29 is 13.9 Å². The second-order valence-corrected chi connectivity index (χ2v) is 8.74. The molecular formula is C21H32FN5O2. The van der Waals surface area contributed by atoms with Crippen LogP contribution in [0.1, 0.15) is 66.1 Å². The fourth-order valence-electron chi connectivity index (χ4n) is 3.96. The van der Waals surface area contributed by atoms with Gasteiger partial charge in [0.05, 0.1) is 11.9 Å². The van der Waals surface area contributed by atoms with Crippen LogP contribution >= 0.6 is 0 Å². The molecule has 0 N–H and O–H groups in total. The highest BCUT2D eigenvalue weighted by Crippen LogP contribution is 2.30. The van der Waals surface area contributed by atoms with Crippen LogP contribution in [0.15, 0.2) is 18.5 Å². The monoisotopic (exact) mass is 405 g/mol. The summed E-state index contributed by atoms with van der Waals surface area (Å²) in [6, 6.07) is 2.12. The van der Waals surface area contributed by atoms with Crippen LogP contribution < -0.4 is 0 Å².